The number of pyridine rings is 1. The van der Waals surface area contributed by atoms with E-state index in [9.17, 15) is 4.79 Å². The van der Waals surface area contributed by atoms with Gasteiger partial charge < -0.3 is 10.6 Å². The Kier molecular flexibility index (Phi) is 7.04. The van der Waals surface area contributed by atoms with E-state index in [0.717, 1.165) is 40.5 Å². The largest absolute Gasteiger partial charge is 0.322 e. The fraction of sp³-hybridized carbons (Fsp3) is 0.125. The van der Waals surface area contributed by atoms with Crippen LogP contribution >= 0.6 is 22.9 Å². The van der Waals surface area contributed by atoms with Gasteiger partial charge in [0.25, 0.3) is 5.91 Å². The lowest BCUT2D eigenvalue weighted by molar-refractivity contribution is 0.102. The van der Waals surface area contributed by atoms with Gasteiger partial charge in [0.15, 0.2) is 0 Å². The van der Waals surface area contributed by atoms with Gasteiger partial charge in [-0.1, -0.05) is 35.9 Å². The number of halogens is 1. The second-order valence-corrected chi connectivity index (χ2v) is 8.27. The van der Waals surface area contributed by atoms with Crippen LogP contribution in [0, 0.1) is 0 Å². The second-order valence-electron chi connectivity index (χ2n) is 6.92. The Balaban J connectivity index is 1.27. The maximum Gasteiger partial charge on any atom is 0.257 e. The van der Waals surface area contributed by atoms with Crippen LogP contribution in [0.1, 0.15) is 20.9 Å². The third-order valence-electron chi connectivity index (χ3n) is 4.68. The van der Waals surface area contributed by atoms with Gasteiger partial charge in [-0.25, -0.2) is 4.98 Å². The summed E-state index contributed by atoms with van der Waals surface area (Å²) < 4.78 is 0. The Bertz CT molecular complexity index is 1160. The molecule has 2 aromatic carbocycles. The van der Waals surface area contributed by atoms with E-state index in [4.69, 9.17) is 16.6 Å². The van der Waals surface area contributed by atoms with Crippen LogP contribution in [-0.4, -0.2) is 22.4 Å². The van der Waals surface area contributed by atoms with Gasteiger partial charge in [-0.2, -0.15) is 0 Å². The highest BCUT2D eigenvalue weighted by atomic mass is 35.5. The number of benzene rings is 2. The molecule has 1 amide bonds. The van der Waals surface area contributed by atoms with Crippen molar-refractivity contribution in [1.29, 1.82) is 0 Å². The highest BCUT2D eigenvalue weighted by Gasteiger charge is 2.10. The summed E-state index contributed by atoms with van der Waals surface area (Å²) in [6.07, 6.45) is 4.42. The van der Waals surface area contributed by atoms with Crippen molar-refractivity contribution in [1.82, 2.24) is 15.3 Å². The van der Waals surface area contributed by atoms with Gasteiger partial charge in [0, 0.05) is 48.5 Å². The third kappa shape index (κ3) is 5.76. The standard InChI is InChI=1S/C24H21ClN4OS/c25-21-7-2-1-6-20(21)24(30)28-19-5-3-4-17(14-19)15-27-13-10-23-29-22(16-31-23)18-8-11-26-12-9-18/h1-9,11-12,14,16,27H,10,13,15H2,(H,28,30). The molecule has 0 spiro atoms. The number of aromatic nitrogens is 2. The maximum absolute atomic E-state index is 12.4. The monoisotopic (exact) mass is 448 g/mol. The van der Waals surface area contributed by atoms with E-state index in [0.29, 0.717) is 17.1 Å². The molecule has 2 aromatic heterocycles. The molecule has 2 N–H and O–H groups in total. The number of hydrogen-bond acceptors (Lipinski definition) is 5. The van der Waals surface area contributed by atoms with Gasteiger partial charge in [0.1, 0.15) is 0 Å². The lowest BCUT2D eigenvalue weighted by atomic mass is 10.1. The Morgan fingerprint density at radius 3 is 2.71 bits per heavy atom. The number of carbonyl (C=O) groups excluding carboxylic acids is 1. The number of carbonyl (C=O) groups is 1. The van der Waals surface area contributed by atoms with Crippen molar-refractivity contribution < 1.29 is 4.79 Å². The SMILES string of the molecule is O=C(Nc1cccc(CNCCc2nc(-c3ccncc3)cs2)c1)c1ccccc1Cl. The van der Waals surface area contributed by atoms with Crippen molar-refractivity contribution in [3.63, 3.8) is 0 Å². The molecule has 4 aromatic rings. The van der Waals surface area contributed by atoms with Gasteiger partial charge in [-0.05, 0) is 42.0 Å². The lowest BCUT2D eigenvalue weighted by Crippen LogP contribution is -2.17. The zero-order valence-electron chi connectivity index (χ0n) is 16.7. The van der Waals surface area contributed by atoms with Crippen LogP contribution in [0.25, 0.3) is 11.3 Å². The number of amides is 1. The number of nitrogens with one attached hydrogen (secondary N) is 2. The molecule has 7 heteroatoms. The topological polar surface area (TPSA) is 66.9 Å². The molecule has 0 aliphatic heterocycles. The predicted octanol–water partition coefficient (Wildman–Crippen LogP) is 5.44. The van der Waals surface area contributed by atoms with Gasteiger partial charge >= 0.3 is 0 Å². The van der Waals surface area contributed by atoms with Crippen molar-refractivity contribution in [3.8, 4) is 11.3 Å². The predicted molar refractivity (Wildman–Crippen MR) is 127 cm³/mol. The van der Waals surface area contributed by atoms with Crippen molar-refractivity contribution >= 4 is 34.5 Å². The summed E-state index contributed by atoms with van der Waals surface area (Å²) in [4.78, 5) is 21.2. The summed E-state index contributed by atoms with van der Waals surface area (Å²) >= 11 is 7.78. The Morgan fingerprint density at radius 1 is 1.03 bits per heavy atom. The van der Waals surface area contributed by atoms with Crippen molar-refractivity contribution in [2.45, 2.75) is 13.0 Å². The Morgan fingerprint density at radius 2 is 1.87 bits per heavy atom. The molecule has 156 valence electrons. The molecule has 5 nitrogen and oxygen atoms in total. The first-order chi connectivity index (χ1) is 15.2. The van der Waals surface area contributed by atoms with E-state index in [2.05, 4.69) is 21.0 Å². The van der Waals surface area contributed by atoms with E-state index < -0.39 is 0 Å². The fourth-order valence-electron chi connectivity index (χ4n) is 3.11. The molecule has 31 heavy (non-hydrogen) atoms. The minimum atomic E-state index is -0.218. The summed E-state index contributed by atoms with van der Waals surface area (Å²) in [6.45, 7) is 1.53. The molecule has 2 heterocycles. The molecular weight excluding hydrogens is 428 g/mol. The maximum atomic E-state index is 12.4. The van der Waals surface area contributed by atoms with E-state index >= 15 is 0 Å². The van der Waals surface area contributed by atoms with Crippen molar-refractivity contribution in [3.05, 3.63) is 99.6 Å². The highest BCUT2D eigenvalue weighted by Crippen LogP contribution is 2.21. The van der Waals surface area contributed by atoms with Crippen molar-refractivity contribution in [2.24, 2.45) is 0 Å². The number of nitrogens with zero attached hydrogens (tertiary/aromatic N) is 2. The number of anilines is 1. The molecule has 0 radical (unpaired) electrons. The molecule has 0 unspecified atom stereocenters. The first kappa shape index (κ1) is 21.2. The quantitative estimate of drug-likeness (QED) is 0.352. The summed E-state index contributed by atoms with van der Waals surface area (Å²) in [5.41, 5.74) is 4.37. The van der Waals surface area contributed by atoms with Crippen LogP contribution in [0.3, 0.4) is 0 Å². The average Bonchev–Trinajstić information content (AvgIpc) is 3.27. The molecule has 0 aliphatic rings. The molecule has 0 saturated carbocycles. The number of rotatable bonds is 8. The summed E-state index contributed by atoms with van der Waals surface area (Å²) in [5.74, 6) is -0.218. The van der Waals surface area contributed by atoms with Gasteiger partial charge in [-0.15, -0.1) is 11.3 Å². The zero-order valence-corrected chi connectivity index (χ0v) is 18.3. The van der Waals surface area contributed by atoms with E-state index in [1.807, 2.05) is 36.4 Å². The minimum Gasteiger partial charge on any atom is -0.322 e. The van der Waals surface area contributed by atoms with Crippen molar-refractivity contribution in [2.75, 3.05) is 11.9 Å². The Hall–Kier alpha value is -3.06. The number of thiazole rings is 1. The summed E-state index contributed by atoms with van der Waals surface area (Å²) in [7, 11) is 0. The first-order valence-electron chi connectivity index (χ1n) is 9.89. The Labute approximate surface area is 190 Å². The average molecular weight is 449 g/mol. The molecular formula is C24H21ClN4OS. The molecule has 4 rings (SSSR count). The van der Waals surface area contributed by atoms with Crippen LogP contribution in [0.4, 0.5) is 5.69 Å². The highest BCUT2D eigenvalue weighted by molar-refractivity contribution is 7.09. The van der Waals surface area contributed by atoms with Crippen LogP contribution in [0.2, 0.25) is 5.02 Å². The van der Waals surface area contributed by atoms with Crippen LogP contribution < -0.4 is 10.6 Å². The van der Waals surface area contributed by atoms with Crippen LogP contribution in [-0.2, 0) is 13.0 Å². The van der Waals surface area contributed by atoms with Gasteiger partial charge in [0.05, 0.1) is 21.3 Å². The van der Waals surface area contributed by atoms with E-state index in [1.54, 1.807) is 48.0 Å². The van der Waals surface area contributed by atoms with E-state index in [-0.39, 0.29) is 5.91 Å². The van der Waals surface area contributed by atoms with Gasteiger partial charge in [-0.3, -0.25) is 9.78 Å². The smallest absolute Gasteiger partial charge is 0.257 e. The zero-order chi connectivity index (χ0) is 21.5. The van der Waals surface area contributed by atoms with Gasteiger partial charge in [0.2, 0.25) is 0 Å². The minimum absolute atomic E-state index is 0.218. The molecule has 0 aliphatic carbocycles. The summed E-state index contributed by atoms with van der Waals surface area (Å²) in [6, 6.07) is 18.7. The first-order valence-corrected chi connectivity index (χ1v) is 11.1. The molecule has 0 fully saturated rings. The normalized spacial score (nSPS) is 10.7. The van der Waals surface area contributed by atoms with E-state index in [1.165, 1.54) is 0 Å². The molecule has 0 atom stereocenters. The molecule has 0 saturated heterocycles. The number of hydrogen-bond donors (Lipinski definition) is 2. The molecule has 0 bridgehead atoms. The summed E-state index contributed by atoms with van der Waals surface area (Å²) in [5, 5.41) is 9.97. The second kappa shape index (κ2) is 10.3. The lowest BCUT2D eigenvalue weighted by Gasteiger charge is -2.09. The van der Waals surface area contributed by atoms with Crippen LogP contribution in [0.5, 0.6) is 0 Å². The fourth-order valence-corrected chi connectivity index (χ4v) is 4.14. The van der Waals surface area contributed by atoms with Crippen LogP contribution in [0.15, 0.2) is 78.4 Å². The third-order valence-corrected chi connectivity index (χ3v) is 5.91.